The minimum absolute atomic E-state index is 0.585. The number of hydrogen-bond donors (Lipinski definition) is 0. The zero-order valence-corrected chi connectivity index (χ0v) is 16.9. The Kier molecular flexibility index (Phi) is 5.36. The predicted octanol–water partition coefficient (Wildman–Crippen LogP) is 6.43. The highest BCUT2D eigenvalue weighted by Crippen LogP contribution is 2.46. The van der Waals surface area contributed by atoms with Gasteiger partial charge < -0.3 is 13.4 Å². The second kappa shape index (κ2) is 6.77. The van der Waals surface area contributed by atoms with Crippen LogP contribution in [0.4, 0.5) is 0 Å². The largest absolute Gasteiger partial charge is 0.493 e. The Labute approximate surface area is 145 Å². The summed E-state index contributed by atoms with van der Waals surface area (Å²) in [5, 5.41) is 0.737. The first-order valence-corrected chi connectivity index (χ1v) is 10.8. The molecule has 2 aromatic rings. The molecular formula is C18H28ClNO2Si. The van der Waals surface area contributed by atoms with Gasteiger partial charge in [-0.3, -0.25) is 0 Å². The average Bonchev–Trinajstić information content (AvgIpc) is 3.05. The minimum atomic E-state index is -1.88. The first kappa shape index (κ1) is 18.2. The van der Waals surface area contributed by atoms with Crippen LogP contribution in [0.3, 0.4) is 0 Å². The summed E-state index contributed by atoms with van der Waals surface area (Å²) < 4.78 is 13.5. The standard InChI is InChI=1S/C18H28ClNO2Si/c1-12(2)23(13(3)4,14(5)6)20-9-8-16(19)18(20)17-10-15(21-7)11-22-17/h8-14H,1-7H3. The van der Waals surface area contributed by atoms with Crippen molar-refractivity contribution in [3.8, 4) is 17.2 Å². The Balaban J connectivity index is 2.71. The van der Waals surface area contributed by atoms with Gasteiger partial charge in [0.1, 0.15) is 6.26 Å². The van der Waals surface area contributed by atoms with Crippen molar-refractivity contribution in [2.45, 2.75) is 58.2 Å². The van der Waals surface area contributed by atoms with Crippen molar-refractivity contribution in [1.29, 1.82) is 0 Å². The van der Waals surface area contributed by atoms with E-state index in [-0.39, 0.29) is 0 Å². The fourth-order valence-electron chi connectivity index (χ4n) is 4.35. The molecule has 0 unspecified atom stereocenters. The van der Waals surface area contributed by atoms with Crippen molar-refractivity contribution < 1.29 is 9.15 Å². The van der Waals surface area contributed by atoms with Crippen molar-refractivity contribution in [3.05, 3.63) is 29.6 Å². The van der Waals surface area contributed by atoms with Crippen molar-refractivity contribution in [2.75, 3.05) is 7.11 Å². The Morgan fingerprint density at radius 3 is 2.09 bits per heavy atom. The molecule has 0 aliphatic carbocycles. The van der Waals surface area contributed by atoms with Gasteiger partial charge in [-0.2, -0.15) is 0 Å². The average molecular weight is 354 g/mol. The third-order valence-electron chi connectivity index (χ3n) is 5.07. The van der Waals surface area contributed by atoms with E-state index in [9.17, 15) is 0 Å². The van der Waals surface area contributed by atoms with Gasteiger partial charge in [-0.1, -0.05) is 53.1 Å². The second-order valence-corrected chi connectivity index (χ2v) is 13.2. The van der Waals surface area contributed by atoms with E-state index >= 15 is 0 Å². The Morgan fingerprint density at radius 2 is 1.65 bits per heavy atom. The molecule has 2 aromatic heterocycles. The zero-order chi connectivity index (χ0) is 17.4. The van der Waals surface area contributed by atoms with E-state index in [1.807, 2.05) is 12.1 Å². The van der Waals surface area contributed by atoms with E-state index < -0.39 is 8.24 Å². The molecule has 3 nitrogen and oxygen atoms in total. The Bertz CT molecular complexity index is 636. The summed E-state index contributed by atoms with van der Waals surface area (Å²) in [6, 6.07) is 3.90. The van der Waals surface area contributed by atoms with E-state index in [1.165, 1.54) is 0 Å². The van der Waals surface area contributed by atoms with Crippen molar-refractivity contribution >= 4 is 19.8 Å². The Morgan fingerprint density at radius 1 is 1.09 bits per heavy atom. The molecule has 0 spiro atoms. The molecule has 0 bridgehead atoms. The number of nitrogens with zero attached hydrogens (tertiary/aromatic N) is 1. The molecule has 0 saturated heterocycles. The quantitative estimate of drug-likeness (QED) is 0.559. The van der Waals surface area contributed by atoms with Crippen molar-refractivity contribution in [2.24, 2.45) is 0 Å². The third-order valence-corrected chi connectivity index (χ3v) is 12.1. The van der Waals surface area contributed by atoms with Crippen LogP contribution in [0.1, 0.15) is 41.5 Å². The lowest BCUT2D eigenvalue weighted by atomic mass is 10.3. The van der Waals surface area contributed by atoms with Gasteiger partial charge in [0.2, 0.25) is 0 Å². The molecule has 128 valence electrons. The summed E-state index contributed by atoms with van der Waals surface area (Å²) in [6.07, 6.45) is 3.78. The van der Waals surface area contributed by atoms with Crippen LogP contribution in [0.15, 0.2) is 29.0 Å². The van der Waals surface area contributed by atoms with Crippen LogP contribution in [0, 0.1) is 0 Å². The van der Waals surface area contributed by atoms with Gasteiger partial charge >= 0.3 is 0 Å². The van der Waals surface area contributed by atoms with Gasteiger partial charge in [-0.25, -0.2) is 0 Å². The van der Waals surface area contributed by atoms with Gasteiger partial charge in [-0.15, -0.1) is 0 Å². The van der Waals surface area contributed by atoms with Gasteiger partial charge in [-0.05, 0) is 28.9 Å². The predicted molar refractivity (Wildman–Crippen MR) is 100 cm³/mol. The van der Waals surface area contributed by atoms with Crippen LogP contribution in [-0.4, -0.2) is 19.6 Å². The lowest BCUT2D eigenvalue weighted by Gasteiger charge is -2.45. The van der Waals surface area contributed by atoms with Crippen LogP contribution in [0.2, 0.25) is 21.6 Å². The van der Waals surface area contributed by atoms with E-state index in [0.29, 0.717) is 16.6 Å². The number of methoxy groups -OCH3 is 1. The summed E-state index contributed by atoms with van der Waals surface area (Å²) >= 11 is 6.55. The highest BCUT2D eigenvalue weighted by atomic mass is 35.5. The monoisotopic (exact) mass is 353 g/mol. The van der Waals surface area contributed by atoms with Crippen LogP contribution < -0.4 is 4.74 Å². The van der Waals surface area contributed by atoms with E-state index in [2.05, 4.69) is 52.0 Å². The van der Waals surface area contributed by atoms with E-state index in [0.717, 1.165) is 22.2 Å². The molecule has 0 aliphatic rings. The van der Waals surface area contributed by atoms with E-state index in [1.54, 1.807) is 13.4 Å². The summed E-state index contributed by atoms with van der Waals surface area (Å²) in [4.78, 5) is 0. The van der Waals surface area contributed by atoms with Crippen LogP contribution in [0.5, 0.6) is 5.75 Å². The third kappa shape index (κ3) is 2.87. The fraction of sp³-hybridized carbons (Fsp3) is 0.556. The summed E-state index contributed by atoms with van der Waals surface area (Å²) in [7, 11) is -0.236. The highest BCUT2D eigenvalue weighted by Gasteiger charge is 2.46. The Hall–Kier alpha value is -1.13. The highest BCUT2D eigenvalue weighted by molar-refractivity contribution is 6.82. The number of halogens is 1. The first-order chi connectivity index (χ1) is 10.8. The number of aromatic nitrogens is 1. The van der Waals surface area contributed by atoms with Gasteiger partial charge in [0, 0.05) is 6.07 Å². The molecule has 0 radical (unpaired) electrons. The number of hydrogen-bond acceptors (Lipinski definition) is 2. The van der Waals surface area contributed by atoms with Gasteiger partial charge in [0.05, 0.1) is 17.8 Å². The maximum atomic E-state index is 6.55. The maximum absolute atomic E-state index is 6.55. The van der Waals surface area contributed by atoms with Gasteiger partial charge in [0.25, 0.3) is 0 Å². The number of ether oxygens (including phenoxy) is 1. The summed E-state index contributed by atoms with van der Waals surface area (Å²) in [5.41, 5.74) is 2.74. The number of rotatable bonds is 6. The normalized spacial score (nSPS) is 12.7. The summed E-state index contributed by atoms with van der Waals surface area (Å²) in [5.74, 6) is 1.49. The van der Waals surface area contributed by atoms with Crippen LogP contribution in [0.25, 0.3) is 11.5 Å². The molecule has 5 heteroatoms. The molecule has 0 aliphatic heterocycles. The maximum Gasteiger partial charge on any atom is 0.169 e. The first-order valence-electron chi connectivity index (χ1n) is 8.26. The molecule has 0 aromatic carbocycles. The molecule has 23 heavy (non-hydrogen) atoms. The molecule has 0 fully saturated rings. The zero-order valence-electron chi connectivity index (χ0n) is 15.2. The molecule has 2 heterocycles. The van der Waals surface area contributed by atoms with Crippen molar-refractivity contribution in [1.82, 2.24) is 4.23 Å². The molecule has 2 rings (SSSR count). The molecule has 0 atom stereocenters. The fourth-order valence-corrected chi connectivity index (χ4v) is 11.3. The van der Waals surface area contributed by atoms with E-state index in [4.69, 9.17) is 20.8 Å². The second-order valence-electron chi connectivity index (χ2n) is 7.08. The van der Waals surface area contributed by atoms with Gasteiger partial charge in [0.15, 0.2) is 19.7 Å². The minimum Gasteiger partial charge on any atom is -0.493 e. The lowest BCUT2D eigenvalue weighted by molar-refractivity contribution is 0.406. The smallest absolute Gasteiger partial charge is 0.169 e. The molecule has 0 saturated carbocycles. The van der Waals surface area contributed by atoms with Crippen LogP contribution >= 0.6 is 11.6 Å². The number of furan rings is 1. The summed E-state index contributed by atoms with van der Waals surface area (Å²) in [6.45, 7) is 14.0. The van der Waals surface area contributed by atoms with Crippen LogP contribution in [-0.2, 0) is 0 Å². The molecular weight excluding hydrogens is 326 g/mol. The molecule has 0 amide bonds. The topological polar surface area (TPSA) is 27.3 Å². The van der Waals surface area contributed by atoms with Crippen molar-refractivity contribution in [3.63, 3.8) is 0 Å². The SMILES string of the molecule is COc1coc(-c2c(Cl)ccn2[Si](C(C)C)(C(C)C)C(C)C)c1. The molecule has 0 N–H and O–H groups in total. The lowest BCUT2D eigenvalue weighted by Crippen LogP contribution is -2.52.